The summed E-state index contributed by atoms with van der Waals surface area (Å²) in [6.45, 7) is 9.24. The van der Waals surface area contributed by atoms with Crippen molar-refractivity contribution in [1.29, 1.82) is 0 Å². The van der Waals surface area contributed by atoms with Gasteiger partial charge >= 0.3 is 0 Å². The van der Waals surface area contributed by atoms with Crippen molar-refractivity contribution in [2.75, 3.05) is 7.05 Å². The van der Waals surface area contributed by atoms with Crippen molar-refractivity contribution in [2.45, 2.75) is 65.5 Å². The first-order valence-corrected chi connectivity index (χ1v) is 12.0. The third-order valence-corrected chi connectivity index (χ3v) is 8.69. The Bertz CT molecular complexity index is 911. The van der Waals surface area contributed by atoms with E-state index in [1.165, 1.54) is 10.6 Å². The van der Waals surface area contributed by atoms with Gasteiger partial charge in [-0.25, -0.2) is 4.98 Å². The van der Waals surface area contributed by atoms with Crippen LogP contribution in [-0.4, -0.2) is 34.0 Å². The molecule has 1 amide bonds. The van der Waals surface area contributed by atoms with Gasteiger partial charge in [-0.3, -0.25) is 4.79 Å². The number of benzene rings is 1. The van der Waals surface area contributed by atoms with Gasteiger partial charge in [-0.05, 0) is 49.0 Å². The predicted molar refractivity (Wildman–Crippen MR) is 121 cm³/mol. The summed E-state index contributed by atoms with van der Waals surface area (Å²) in [5.74, 6) is 0.313. The van der Waals surface area contributed by atoms with Crippen LogP contribution in [-0.2, 0) is 17.8 Å². The molecule has 4 nitrogen and oxygen atoms in total. The number of carbonyl (C=O) groups excluding carboxylic acids is 1. The van der Waals surface area contributed by atoms with Crippen LogP contribution in [0.25, 0.3) is 0 Å². The van der Waals surface area contributed by atoms with E-state index < -0.39 is 6.10 Å². The molecule has 1 fully saturated rings. The van der Waals surface area contributed by atoms with Gasteiger partial charge in [0.05, 0.1) is 16.8 Å². The maximum Gasteiger partial charge on any atom is 0.225 e. The fourth-order valence-electron chi connectivity index (χ4n) is 6.13. The molecule has 0 bridgehead atoms. The van der Waals surface area contributed by atoms with E-state index >= 15 is 0 Å². The fourth-order valence-corrected chi connectivity index (χ4v) is 7.37. The molecule has 4 rings (SSSR count). The first-order chi connectivity index (χ1) is 14.2. The zero-order chi connectivity index (χ0) is 21.6. The van der Waals surface area contributed by atoms with E-state index in [-0.39, 0.29) is 35.0 Å². The zero-order valence-corrected chi connectivity index (χ0v) is 19.6. The molecule has 2 aromatic rings. The van der Waals surface area contributed by atoms with Crippen molar-refractivity contribution >= 4 is 17.2 Å². The fraction of sp³-hybridized carbons (Fsp3) is 0.600. The van der Waals surface area contributed by atoms with E-state index in [4.69, 9.17) is 4.98 Å². The molecule has 0 radical (unpaired) electrons. The third kappa shape index (κ3) is 3.71. The molecule has 0 aliphatic heterocycles. The van der Waals surface area contributed by atoms with Crippen LogP contribution in [0.3, 0.4) is 0 Å². The van der Waals surface area contributed by atoms with Gasteiger partial charge in [0, 0.05) is 30.3 Å². The van der Waals surface area contributed by atoms with Gasteiger partial charge in [-0.15, -0.1) is 11.3 Å². The first kappa shape index (κ1) is 21.5. The Morgan fingerprint density at radius 3 is 2.77 bits per heavy atom. The normalized spacial score (nSPS) is 31.5. The van der Waals surface area contributed by atoms with Crippen molar-refractivity contribution in [3.8, 4) is 0 Å². The number of rotatable bonds is 4. The van der Waals surface area contributed by atoms with Gasteiger partial charge in [0.2, 0.25) is 5.91 Å². The van der Waals surface area contributed by atoms with Crippen molar-refractivity contribution < 1.29 is 9.90 Å². The predicted octanol–water partition coefficient (Wildman–Crippen LogP) is 4.80. The smallest absolute Gasteiger partial charge is 0.225 e. The lowest BCUT2D eigenvalue weighted by molar-refractivity contribution is -0.144. The molecule has 162 valence electrons. The number of hydrogen-bond donors (Lipinski definition) is 1. The van der Waals surface area contributed by atoms with E-state index in [0.717, 1.165) is 29.8 Å². The molecule has 2 aliphatic rings. The van der Waals surface area contributed by atoms with E-state index in [2.05, 4.69) is 20.8 Å². The Labute approximate surface area is 184 Å². The largest absolute Gasteiger partial charge is 0.392 e. The second kappa shape index (κ2) is 8.08. The van der Waals surface area contributed by atoms with Crippen LogP contribution in [0.2, 0.25) is 0 Å². The van der Waals surface area contributed by atoms with Gasteiger partial charge in [-0.2, -0.15) is 0 Å². The minimum atomic E-state index is -0.474. The summed E-state index contributed by atoms with van der Waals surface area (Å²) >= 11 is 1.81. The molecule has 5 heteroatoms. The standard InChI is InChI=1S/C25H34N2O2S/c1-15(24(29)27(5)14-18-9-7-6-8-10-18)19-11-12-25(4)13-20-22(26-17(3)30-20)16(2)21(25)23(19)28/h6-10,15-16,19,21,23,28H,11-14H2,1-5H3/t15-,16-,19-,21+,23-,25+/m0/s1. The lowest BCUT2D eigenvalue weighted by Crippen LogP contribution is -2.53. The van der Waals surface area contributed by atoms with Crippen LogP contribution in [0.5, 0.6) is 0 Å². The Balaban J connectivity index is 1.51. The highest BCUT2D eigenvalue weighted by atomic mass is 32.1. The molecule has 6 atom stereocenters. The minimum Gasteiger partial charge on any atom is -0.392 e. The van der Waals surface area contributed by atoms with Crippen LogP contribution in [0.1, 0.15) is 60.7 Å². The highest BCUT2D eigenvalue weighted by Gasteiger charge is 2.53. The number of aromatic nitrogens is 1. The lowest BCUT2D eigenvalue weighted by atomic mass is 9.53. The van der Waals surface area contributed by atoms with Crippen molar-refractivity contribution in [2.24, 2.45) is 23.2 Å². The SMILES string of the molecule is Cc1nc2c(s1)C[C@@]1(C)CC[C@@H]([C@H](C)C(=O)N(C)Cc3ccccc3)[C@H](O)[C@H]1[C@@H]2C. The lowest BCUT2D eigenvalue weighted by Gasteiger charge is -2.53. The second-order valence-corrected chi connectivity index (χ2v) is 11.1. The Morgan fingerprint density at radius 2 is 2.07 bits per heavy atom. The molecule has 1 aromatic heterocycles. The summed E-state index contributed by atoms with van der Waals surface area (Å²) in [7, 11) is 1.87. The number of carbonyl (C=O) groups is 1. The topological polar surface area (TPSA) is 53.4 Å². The highest BCUT2D eigenvalue weighted by Crippen LogP contribution is 2.57. The molecule has 0 saturated heterocycles. The first-order valence-electron chi connectivity index (χ1n) is 11.1. The third-order valence-electron chi connectivity index (χ3n) is 7.70. The number of nitrogens with zero attached hydrogens (tertiary/aromatic N) is 2. The maximum absolute atomic E-state index is 13.2. The minimum absolute atomic E-state index is 0.00229. The molecule has 0 unspecified atom stereocenters. The number of aryl methyl sites for hydroxylation is 1. The summed E-state index contributed by atoms with van der Waals surface area (Å²) in [5, 5.41) is 12.6. The average molecular weight is 427 g/mol. The van der Waals surface area contributed by atoms with Gasteiger partial charge < -0.3 is 10.0 Å². The number of amides is 1. The van der Waals surface area contributed by atoms with Crippen LogP contribution < -0.4 is 0 Å². The summed E-state index contributed by atoms with van der Waals surface area (Å²) in [5.41, 5.74) is 2.39. The van der Waals surface area contributed by atoms with E-state index in [9.17, 15) is 9.90 Å². The Hall–Kier alpha value is -1.72. The average Bonchev–Trinajstić information content (AvgIpc) is 3.07. The van der Waals surface area contributed by atoms with Gasteiger partial charge in [0.1, 0.15) is 0 Å². The molecule has 30 heavy (non-hydrogen) atoms. The van der Waals surface area contributed by atoms with Crippen LogP contribution in [0.4, 0.5) is 0 Å². The van der Waals surface area contributed by atoms with Crippen molar-refractivity contribution in [3.05, 3.63) is 51.5 Å². The van der Waals surface area contributed by atoms with Gasteiger partial charge in [-0.1, -0.05) is 51.1 Å². The quantitative estimate of drug-likeness (QED) is 0.764. The second-order valence-electron chi connectivity index (χ2n) is 9.85. The van der Waals surface area contributed by atoms with Crippen LogP contribution in [0, 0.1) is 30.1 Å². The Kier molecular flexibility index (Phi) is 5.80. The zero-order valence-electron chi connectivity index (χ0n) is 18.8. The number of fused-ring (bicyclic) bond motifs is 2. The Morgan fingerprint density at radius 1 is 1.37 bits per heavy atom. The number of thiazole rings is 1. The molecule has 1 N–H and O–H groups in total. The van der Waals surface area contributed by atoms with Gasteiger partial charge in [0.25, 0.3) is 0 Å². The molecule has 1 saturated carbocycles. The molecular weight excluding hydrogens is 392 g/mol. The summed E-state index contributed by atoms with van der Waals surface area (Å²) < 4.78 is 0. The van der Waals surface area contributed by atoms with E-state index in [1.54, 1.807) is 0 Å². The van der Waals surface area contributed by atoms with E-state index in [1.807, 2.05) is 60.5 Å². The number of aliphatic hydroxyl groups is 1. The number of aliphatic hydroxyl groups excluding tert-OH is 1. The number of hydrogen-bond acceptors (Lipinski definition) is 4. The van der Waals surface area contributed by atoms with Crippen LogP contribution >= 0.6 is 11.3 Å². The summed E-state index contributed by atoms with van der Waals surface area (Å²) in [6, 6.07) is 10.1. The molecule has 0 spiro atoms. The molecular formula is C25H34N2O2S. The van der Waals surface area contributed by atoms with Gasteiger partial charge in [0.15, 0.2) is 0 Å². The summed E-state index contributed by atoms with van der Waals surface area (Å²) in [6.07, 6.45) is 2.49. The molecule has 1 aromatic carbocycles. The monoisotopic (exact) mass is 426 g/mol. The van der Waals surface area contributed by atoms with Crippen molar-refractivity contribution in [3.63, 3.8) is 0 Å². The van der Waals surface area contributed by atoms with Crippen molar-refractivity contribution in [1.82, 2.24) is 9.88 Å². The maximum atomic E-state index is 13.2. The molecule has 2 aliphatic carbocycles. The van der Waals surface area contributed by atoms with E-state index in [0.29, 0.717) is 6.54 Å². The highest BCUT2D eigenvalue weighted by molar-refractivity contribution is 7.11. The van der Waals surface area contributed by atoms with Crippen LogP contribution in [0.15, 0.2) is 30.3 Å². The molecule has 1 heterocycles. The summed E-state index contributed by atoms with van der Waals surface area (Å²) in [4.78, 5) is 21.2.